The Morgan fingerprint density at radius 3 is 2.37 bits per heavy atom. The largest absolute Gasteiger partial charge is 1.00 e. The third kappa shape index (κ3) is 9.43. The summed E-state index contributed by atoms with van der Waals surface area (Å²) in [5, 5.41) is 10.8. The van der Waals surface area contributed by atoms with Crippen LogP contribution in [-0.2, 0) is 15.7 Å². The number of nitrogens with zero attached hydrogens (tertiary/aromatic N) is 6. The maximum atomic E-state index is 14.0. The number of carboxylic acids is 1. The molecule has 0 saturated carbocycles. The van der Waals surface area contributed by atoms with E-state index in [0.29, 0.717) is 48.1 Å². The summed E-state index contributed by atoms with van der Waals surface area (Å²) in [4.78, 5) is 34.1. The van der Waals surface area contributed by atoms with Crippen molar-refractivity contribution in [3.05, 3.63) is 48.2 Å². The van der Waals surface area contributed by atoms with E-state index >= 15 is 0 Å². The predicted octanol–water partition coefficient (Wildman–Crippen LogP) is 1.48. The topological polar surface area (TPSA) is 123 Å². The van der Waals surface area contributed by atoms with Crippen LogP contribution in [0.25, 0.3) is 33.8 Å². The van der Waals surface area contributed by atoms with Crippen LogP contribution in [0.15, 0.2) is 42.6 Å². The number of aromatic amines is 1. The average molecular weight is 692 g/mol. The third-order valence-electron chi connectivity index (χ3n) is 8.30. The van der Waals surface area contributed by atoms with Gasteiger partial charge in [-0.1, -0.05) is 13.8 Å². The van der Waals surface area contributed by atoms with Gasteiger partial charge >= 0.3 is 35.7 Å². The number of H-pyrrole nitrogens is 1. The number of hydrogen-bond acceptors (Lipinski definition) is 10. The third-order valence-corrected chi connectivity index (χ3v) is 8.30. The molecular weight excluding hydrogens is 650 g/mol. The smallest absolute Gasteiger partial charge is 0.550 e. The molecular formula is C34H41F3N7NaO4. The van der Waals surface area contributed by atoms with Crippen molar-refractivity contribution in [2.24, 2.45) is 5.41 Å². The maximum Gasteiger partial charge on any atom is 1.00 e. The molecule has 4 heterocycles. The molecule has 0 atom stereocenters. The number of aliphatic carboxylic acids is 1. The summed E-state index contributed by atoms with van der Waals surface area (Å²) in [6.07, 6.45) is -3.31. The van der Waals surface area contributed by atoms with Crippen molar-refractivity contribution < 1.29 is 62.1 Å². The van der Waals surface area contributed by atoms with Crippen LogP contribution in [0.1, 0.15) is 32.8 Å². The number of pyridine rings is 2. The van der Waals surface area contributed by atoms with Crippen molar-refractivity contribution >= 4 is 28.5 Å². The number of hydrogen-bond donors (Lipinski definition) is 1. The summed E-state index contributed by atoms with van der Waals surface area (Å²) >= 11 is 0. The number of nitrogens with one attached hydrogen (secondary N) is 1. The minimum Gasteiger partial charge on any atom is -0.550 e. The second kappa shape index (κ2) is 16.1. The van der Waals surface area contributed by atoms with Crippen LogP contribution >= 0.6 is 0 Å². The van der Waals surface area contributed by atoms with Gasteiger partial charge < -0.3 is 34.2 Å². The van der Waals surface area contributed by atoms with Gasteiger partial charge in [-0.05, 0) is 49.7 Å². The molecule has 1 aliphatic rings. The molecule has 11 nitrogen and oxygen atoms in total. The average Bonchev–Trinajstić information content (AvgIpc) is 3.47. The summed E-state index contributed by atoms with van der Waals surface area (Å²) in [6, 6.07) is 10.7. The van der Waals surface area contributed by atoms with Gasteiger partial charge in [-0.15, -0.1) is 0 Å². The summed E-state index contributed by atoms with van der Waals surface area (Å²) < 4.78 is 52.6. The molecule has 1 aromatic carbocycles. The Morgan fingerprint density at radius 2 is 1.76 bits per heavy atom. The van der Waals surface area contributed by atoms with Crippen molar-refractivity contribution in [2.45, 2.75) is 33.4 Å². The number of fused-ring (bicyclic) bond motifs is 1. The van der Waals surface area contributed by atoms with Crippen LogP contribution in [0.2, 0.25) is 0 Å². The molecule has 0 aliphatic carbocycles. The fourth-order valence-corrected chi connectivity index (χ4v) is 6.08. The second-order valence-electron chi connectivity index (χ2n) is 12.8. The molecule has 1 fully saturated rings. The molecule has 5 rings (SSSR count). The van der Waals surface area contributed by atoms with E-state index in [2.05, 4.69) is 33.6 Å². The van der Waals surface area contributed by atoms with Crippen LogP contribution < -0.4 is 49.2 Å². The van der Waals surface area contributed by atoms with Gasteiger partial charge in [0, 0.05) is 87.8 Å². The standard InChI is InChI=1S/C34H42F3N7O4.Na/c1-6-48-32-25(34(35,36)37)17-23(19-38-32)26-18-27(42(4)20-33(2,3)21-47-5)29-31(39-26)41-30(40-29)22-7-9-24(10-8-22)44-15-13-43(14-16-44)12-11-28(45)46;/h7-10,17-19H,6,11-16,20-21H2,1-5H3,(H,45,46)(H,39,40,41);/q;+1/p-1. The normalized spacial score (nSPS) is 14.2. The molecule has 0 radical (unpaired) electrons. The number of ether oxygens (including phenoxy) is 2. The van der Waals surface area contributed by atoms with Crippen LogP contribution in [0.3, 0.4) is 0 Å². The monoisotopic (exact) mass is 691 g/mol. The first-order chi connectivity index (χ1) is 22.8. The van der Waals surface area contributed by atoms with Crippen LogP contribution in [0.4, 0.5) is 24.5 Å². The summed E-state index contributed by atoms with van der Waals surface area (Å²) in [6.45, 7) is 10.4. The molecule has 258 valence electrons. The summed E-state index contributed by atoms with van der Waals surface area (Å²) in [5.41, 5.74) is 2.86. The minimum absolute atomic E-state index is 0. The molecule has 1 N–H and O–H groups in total. The van der Waals surface area contributed by atoms with Gasteiger partial charge in [0.1, 0.15) is 16.9 Å². The number of piperazine rings is 1. The Kier molecular flexibility index (Phi) is 12.6. The number of carbonyl (C=O) groups excluding carboxylic acids is 1. The molecule has 1 aliphatic heterocycles. The van der Waals surface area contributed by atoms with Crippen molar-refractivity contribution in [1.29, 1.82) is 0 Å². The van der Waals surface area contributed by atoms with Crippen LogP contribution in [-0.4, -0.2) is 97.4 Å². The number of anilines is 2. The van der Waals surface area contributed by atoms with E-state index in [0.717, 1.165) is 43.5 Å². The zero-order valence-corrected chi connectivity index (χ0v) is 30.9. The van der Waals surface area contributed by atoms with Crippen LogP contribution in [0.5, 0.6) is 5.88 Å². The minimum atomic E-state index is -4.67. The summed E-state index contributed by atoms with van der Waals surface area (Å²) in [5.74, 6) is -0.945. The van der Waals surface area contributed by atoms with E-state index in [9.17, 15) is 23.1 Å². The molecule has 0 amide bonds. The molecule has 0 spiro atoms. The fourth-order valence-electron chi connectivity index (χ4n) is 6.08. The molecule has 15 heteroatoms. The van der Waals surface area contributed by atoms with E-state index in [1.807, 2.05) is 36.2 Å². The molecule has 0 unspecified atom stereocenters. The van der Waals surface area contributed by atoms with E-state index < -0.39 is 23.6 Å². The Bertz CT molecular complexity index is 1730. The Morgan fingerprint density at radius 1 is 1.06 bits per heavy atom. The van der Waals surface area contributed by atoms with Crippen molar-refractivity contribution in [3.8, 4) is 28.5 Å². The van der Waals surface area contributed by atoms with E-state index in [-0.39, 0.29) is 53.6 Å². The van der Waals surface area contributed by atoms with Gasteiger partial charge in [-0.3, -0.25) is 4.90 Å². The van der Waals surface area contributed by atoms with Gasteiger partial charge in [0.2, 0.25) is 5.88 Å². The predicted molar refractivity (Wildman–Crippen MR) is 176 cm³/mol. The number of halogens is 3. The molecule has 49 heavy (non-hydrogen) atoms. The van der Waals surface area contributed by atoms with E-state index in [4.69, 9.17) is 19.4 Å². The number of carboxylic acid groups (broad SMARTS) is 1. The quantitative estimate of drug-likeness (QED) is 0.207. The van der Waals surface area contributed by atoms with Gasteiger partial charge in [-0.2, -0.15) is 13.2 Å². The number of carbonyl (C=O) groups is 1. The Hall–Kier alpha value is -3.43. The van der Waals surface area contributed by atoms with Crippen molar-refractivity contribution in [1.82, 2.24) is 24.8 Å². The van der Waals surface area contributed by atoms with E-state index in [1.165, 1.54) is 6.20 Å². The number of imidazole rings is 1. The zero-order valence-electron chi connectivity index (χ0n) is 28.9. The Labute approximate surface area is 306 Å². The van der Waals surface area contributed by atoms with Crippen molar-refractivity contribution in [2.75, 3.05) is 76.4 Å². The second-order valence-corrected chi connectivity index (χ2v) is 12.8. The van der Waals surface area contributed by atoms with E-state index in [1.54, 1.807) is 20.1 Å². The van der Waals surface area contributed by atoms with Gasteiger partial charge in [-0.25, -0.2) is 15.0 Å². The SMILES string of the molecule is CCOc1ncc(-c2cc(N(C)CC(C)(C)COC)c3[nH]c(-c4ccc(N5CCN(CCC(=O)[O-])CC5)cc4)nc3n2)cc1C(F)(F)F.[Na+]. The first kappa shape index (κ1) is 38.4. The van der Waals surface area contributed by atoms with Crippen LogP contribution in [0, 0.1) is 5.41 Å². The van der Waals surface area contributed by atoms with Gasteiger partial charge in [0.25, 0.3) is 0 Å². The first-order valence-electron chi connectivity index (χ1n) is 15.9. The number of benzene rings is 1. The first-order valence-corrected chi connectivity index (χ1v) is 15.9. The fraction of sp³-hybridized carbons (Fsp3) is 0.471. The molecule has 1 saturated heterocycles. The molecule has 0 bridgehead atoms. The molecule has 3 aromatic heterocycles. The van der Waals surface area contributed by atoms with Gasteiger partial charge in [0.15, 0.2) is 5.65 Å². The number of alkyl halides is 3. The number of aromatic nitrogens is 4. The number of methoxy groups -OCH3 is 1. The molecule has 4 aromatic rings. The zero-order chi connectivity index (χ0) is 34.6. The van der Waals surface area contributed by atoms with Crippen molar-refractivity contribution in [3.63, 3.8) is 0 Å². The maximum absolute atomic E-state index is 14.0. The number of rotatable bonds is 13. The summed E-state index contributed by atoms with van der Waals surface area (Å²) in [7, 11) is 3.57. The van der Waals surface area contributed by atoms with Gasteiger partial charge in [0.05, 0.1) is 24.6 Å². The Balaban J connectivity index is 0.00000541.